The van der Waals surface area contributed by atoms with E-state index in [9.17, 15) is 4.79 Å². The second-order valence-electron chi connectivity index (χ2n) is 2.54. The first kappa shape index (κ1) is 8.95. The van der Waals surface area contributed by atoms with Gasteiger partial charge in [-0.05, 0) is 28.7 Å². The number of rotatable bonds is 1. The van der Waals surface area contributed by atoms with E-state index in [4.69, 9.17) is 5.11 Å². The van der Waals surface area contributed by atoms with Gasteiger partial charge in [0.1, 0.15) is 14.1 Å². The molecule has 2 aromatic rings. The normalized spacial score (nSPS) is 10.9. The molecule has 0 bridgehead atoms. The Balaban J connectivity index is 2.72. The molecule has 0 atom stereocenters. The number of aromatic nitrogens is 2. The van der Waals surface area contributed by atoms with Crippen LogP contribution in [0.1, 0.15) is 9.67 Å². The molecule has 68 valence electrons. The van der Waals surface area contributed by atoms with Gasteiger partial charge in [0, 0.05) is 7.05 Å². The van der Waals surface area contributed by atoms with Crippen molar-refractivity contribution in [2.75, 3.05) is 0 Å². The molecule has 2 rings (SSSR count). The molecule has 1 N–H and O–H groups in total. The lowest BCUT2D eigenvalue weighted by atomic mass is 10.4. The molecule has 6 heteroatoms. The molecule has 13 heavy (non-hydrogen) atoms. The van der Waals surface area contributed by atoms with Crippen LogP contribution in [0.5, 0.6) is 0 Å². The predicted octanol–water partition coefficient (Wildman–Crippen LogP) is 1.94. The third-order valence-electron chi connectivity index (χ3n) is 1.65. The lowest BCUT2D eigenvalue weighted by Gasteiger charge is -1.89. The molecular weight excluding hydrogens is 303 g/mol. The predicted molar refractivity (Wildman–Crippen MR) is 58.3 cm³/mol. The van der Waals surface area contributed by atoms with Crippen LogP contribution in [-0.2, 0) is 7.05 Å². The number of halogens is 1. The molecule has 0 radical (unpaired) electrons. The molecule has 0 fully saturated rings. The first-order valence-corrected chi connectivity index (χ1v) is 5.34. The Kier molecular flexibility index (Phi) is 2.03. The molecule has 0 aliphatic heterocycles. The zero-order chi connectivity index (χ0) is 9.59. The summed E-state index contributed by atoms with van der Waals surface area (Å²) in [6.07, 6.45) is 0. The van der Waals surface area contributed by atoms with Crippen molar-refractivity contribution in [2.24, 2.45) is 7.05 Å². The maximum Gasteiger partial charge on any atom is 0.345 e. The molecule has 4 nitrogen and oxygen atoms in total. The van der Waals surface area contributed by atoms with Crippen LogP contribution >= 0.6 is 33.9 Å². The number of carboxylic acid groups (broad SMARTS) is 1. The number of carbonyl (C=O) groups is 1. The first-order valence-electron chi connectivity index (χ1n) is 3.45. The van der Waals surface area contributed by atoms with Gasteiger partial charge < -0.3 is 5.11 Å². The number of thiophene rings is 1. The SMILES string of the molecule is Cn1nc2cc(C(=O)O)sc2c1I. The van der Waals surface area contributed by atoms with E-state index in [1.165, 1.54) is 11.3 Å². The van der Waals surface area contributed by atoms with E-state index in [2.05, 4.69) is 27.7 Å². The highest BCUT2D eigenvalue weighted by molar-refractivity contribution is 14.1. The molecule has 2 aromatic heterocycles. The quantitative estimate of drug-likeness (QED) is 0.819. The molecule has 0 saturated heterocycles. The summed E-state index contributed by atoms with van der Waals surface area (Å²) in [7, 11) is 1.84. The first-order chi connectivity index (χ1) is 6.09. The maximum absolute atomic E-state index is 10.6. The smallest absolute Gasteiger partial charge is 0.345 e. The second-order valence-corrected chi connectivity index (χ2v) is 4.62. The summed E-state index contributed by atoms with van der Waals surface area (Å²) in [5.74, 6) is -0.888. The minimum absolute atomic E-state index is 0.344. The van der Waals surface area contributed by atoms with Gasteiger partial charge in [-0.25, -0.2) is 4.79 Å². The topological polar surface area (TPSA) is 55.1 Å². The fourth-order valence-corrected chi connectivity index (χ4v) is 2.67. The fraction of sp³-hybridized carbons (Fsp3) is 0.143. The summed E-state index contributed by atoms with van der Waals surface area (Å²) in [5, 5.41) is 12.9. The van der Waals surface area contributed by atoms with Gasteiger partial charge in [-0.3, -0.25) is 4.68 Å². The number of hydrogen-bond acceptors (Lipinski definition) is 3. The highest BCUT2D eigenvalue weighted by Crippen LogP contribution is 2.28. The summed E-state index contributed by atoms with van der Waals surface area (Å²) in [6.45, 7) is 0. The number of fused-ring (bicyclic) bond motifs is 1. The summed E-state index contributed by atoms with van der Waals surface area (Å²) in [6, 6.07) is 1.60. The lowest BCUT2D eigenvalue weighted by Crippen LogP contribution is -1.93. The standard InChI is InChI=1S/C7H5IN2O2S/c1-10-6(8)5-3(9-10)2-4(13-5)7(11)12/h2H,1H3,(H,11,12). The molecule has 0 spiro atoms. The van der Waals surface area contributed by atoms with Crippen LogP contribution in [0.2, 0.25) is 0 Å². The van der Waals surface area contributed by atoms with Gasteiger partial charge in [-0.15, -0.1) is 11.3 Å². The van der Waals surface area contributed by atoms with Crippen LogP contribution in [-0.4, -0.2) is 20.9 Å². The van der Waals surface area contributed by atoms with Crippen LogP contribution in [0, 0.1) is 3.70 Å². The zero-order valence-corrected chi connectivity index (χ0v) is 9.59. The van der Waals surface area contributed by atoms with Gasteiger partial charge in [0.15, 0.2) is 0 Å². The van der Waals surface area contributed by atoms with E-state index >= 15 is 0 Å². The van der Waals surface area contributed by atoms with Crippen LogP contribution in [0.4, 0.5) is 0 Å². The van der Waals surface area contributed by atoms with Crippen molar-refractivity contribution in [3.63, 3.8) is 0 Å². The second kappa shape index (κ2) is 2.95. The van der Waals surface area contributed by atoms with Gasteiger partial charge in [-0.2, -0.15) is 5.10 Å². The van der Waals surface area contributed by atoms with Crippen LogP contribution in [0.3, 0.4) is 0 Å². The lowest BCUT2D eigenvalue weighted by molar-refractivity contribution is 0.0702. The van der Waals surface area contributed by atoms with Gasteiger partial charge in [0.25, 0.3) is 0 Å². The molecule has 0 aliphatic carbocycles. The number of nitrogens with zero attached hydrogens (tertiary/aromatic N) is 2. The van der Waals surface area contributed by atoms with Crippen molar-refractivity contribution in [1.82, 2.24) is 9.78 Å². The van der Waals surface area contributed by atoms with Crippen molar-refractivity contribution in [2.45, 2.75) is 0 Å². The molecular formula is C7H5IN2O2S. The minimum Gasteiger partial charge on any atom is -0.477 e. The van der Waals surface area contributed by atoms with E-state index in [0.29, 0.717) is 4.88 Å². The van der Waals surface area contributed by atoms with Crippen molar-refractivity contribution < 1.29 is 9.90 Å². The Hall–Kier alpha value is -0.630. The monoisotopic (exact) mass is 308 g/mol. The van der Waals surface area contributed by atoms with Crippen LogP contribution in [0.15, 0.2) is 6.07 Å². The van der Waals surface area contributed by atoms with Gasteiger partial charge in [0.2, 0.25) is 0 Å². The Morgan fingerprint density at radius 3 is 3.00 bits per heavy atom. The van der Waals surface area contributed by atoms with E-state index in [0.717, 1.165) is 13.9 Å². The van der Waals surface area contributed by atoms with E-state index < -0.39 is 5.97 Å². The highest BCUT2D eigenvalue weighted by atomic mass is 127. The Morgan fingerprint density at radius 1 is 1.77 bits per heavy atom. The molecule has 0 aromatic carbocycles. The van der Waals surface area contributed by atoms with Gasteiger partial charge >= 0.3 is 5.97 Å². The third kappa shape index (κ3) is 1.33. The number of carboxylic acids is 1. The van der Waals surface area contributed by atoms with Crippen molar-refractivity contribution in [3.05, 3.63) is 14.6 Å². The summed E-state index contributed by atoms with van der Waals surface area (Å²) >= 11 is 3.41. The molecule has 0 aliphatic rings. The van der Waals surface area contributed by atoms with Crippen molar-refractivity contribution in [1.29, 1.82) is 0 Å². The van der Waals surface area contributed by atoms with Crippen LogP contribution in [0.25, 0.3) is 10.2 Å². The Bertz CT molecular complexity index is 488. The van der Waals surface area contributed by atoms with Crippen molar-refractivity contribution in [3.8, 4) is 0 Å². The number of aryl methyl sites for hydroxylation is 1. The van der Waals surface area contributed by atoms with Crippen LogP contribution < -0.4 is 0 Å². The Labute approximate surface area is 91.3 Å². The van der Waals surface area contributed by atoms with Gasteiger partial charge in [0.05, 0.1) is 4.70 Å². The number of aromatic carboxylic acids is 1. The maximum atomic E-state index is 10.6. The molecule has 0 amide bonds. The zero-order valence-electron chi connectivity index (χ0n) is 6.61. The number of hydrogen-bond donors (Lipinski definition) is 1. The molecule has 0 saturated carbocycles. The average Bonchev–Trinajstić information content (AvgIpc) is 2.55. The van der Waals surface area contributed by atoms with Crippen molar-refractivity contribution >= 4 is 50.1 Å². The summed E-state index contributed by atoms with van der Waals surface area (Å²) in [4.78, 5) is 11.0. The fourth-order valence-electron chi connectivity index (χ4n) is 1.06. The van der Waals surface area contributed by atoms with Gasteiger partial charge in [-0.1, -0.05) is 0 Å². The highest BCUT2D eigenvalue weighted by Gasteiger charge is 2.14. The Morgan fingerprint density at radius 2 is 2.46 bits per heavy atom. The average molecular weight is 308 g/mol. The molecule has 2 heterocycles. The summed E-state index contributed by atoms with van der Waals surface area (Å²) in [5.41, 5.74) is 0.759. The molecule has 0 unspecified atom stereocenters. The third-order valence-corrected chi connectivity index (χ3v) is 4.38. The largest absolute Gasteiger partial charge is 0.477 e. The van der Waals surface area contributed by atoms with E-state index in [1.54, 1.807) is 10.7 Å². The minimum atomic E-state index is -0.888. The van der Waals surface area contributed by atoms with E-state index in [-0.39, 0.29) is 0 Å². The van der Waals surface area contributed by atoms with E-state index in [1.807, 2.05) is 7.05 Å². The summed E-state index contributed by atoms with van der Waals surface area (Å²) < 4.78 is 3.67.